The molecule has 0 aliphatic rings. The van der Waals surface area contributed by atoms with Crippen LogP contribution in [-0.2, 0) is 14.3 Å². The van der Waals surface area contributed by atoms with Crippen LogP contribution < -0.4 is 4.90 Å². The fraction of sp³-hybridized carbons (Fsp3) is 0.158. The zero-order valence-electron chi connectivity index (χ0n) is 13.2. The van der Waals surface area contributed by atoms with Crippen LogP contribution in [0.4, 0.5) is 5.69 Å². The molecule has 0 N–H and O–H groups in total. The molecule has 4 nitrogen and oxygen atoms in total. The first kappa shape index (κ1) is 16.5. The Morgan fingerprint density at radius 3 is 2.17 bits per heavy atom. The molecule has 0 aliphatic heterocycles. The van der Waals surface area contributed by atoms with E-state index in [1.54, 1.807) is 20.0 Å². The summed E-state index contributed by atoms with van der Waals surface area (Å²) in [5, 5.41) is 0. The normalized spacial score (nSPS) is 11.9. The van der Waals surface area contributed by atoms with E-state index in [1.807, 2.05) is 60.7 Å². The highest BCUT2D eigenvalue weighted by Gasteiger charge is 2.21. The van der Waals surface area contributed by atoms with E-state index in [2.05, 4.69) is 0 Å². The van der Waals surface area contributed by atoms with Gasteiger partial charge in [-0.2, -0.15) is 0 Å². The van der Waals surface area contributed by atoms with Crippen molar-refractivity contribution in [2.45, 2.75) is 13.0 Å². The van der Waals surface area contributed by atoms with Gasteiger partial charge in [0.05, 0.1) is 0 Å². The molecule has 0 spiro atoms. The average Bonchev–Trinajstić information content (AvgIpc) is 2.60. The summed E-state index contributed by atoms with van der Waals surface area (Å²) in [7, 11) is 1.65. The third-order valence-corrected chi connectivity index (χ3v) is 3.33. The molecular weight excluding hydrogens is 290 g/mol. The zero-order chi connectivity index (χ0) is 16.7. The molecule has 0 saturated heterocycles. The molecule has 0 aliphatic carbocycles. The summed E-state index contributed by atoms with van der Waals surface area (Å²) in [6.07, 6.45) is 2.12. The highest BCUT2D eigenvalue weighted by atomic mass is 16.5. The number of rotatable bonds is 5. The van der Waals surface area contributed by atoms with Crippen LogP contribution in [0, 0.1) is 0 Å². The number of benzene rings is 2. The van der Waals surface area contributed by atoms with E-state index in [-0.39, 0.29) is 5.91 Å². The predicted octanol–water partition coefficient (Wildman–Crippen LogP) is 3.29. The van der Waals surface area contributed by atoms with E-state index >= 15 is 0 Å². The summed E-state index contributed by atoms with van der Waals surface area (Å²) in [6.45, 7) is 1.57. The molecule has 4 heteroatoms. The number of ether oxygens (including phenoxy) is 1. The third kappa shape index (κ3) is 4.81. The fourth-order valence-electron chi connectivity index (χ4n) is 2.04. The highest BCUT2D eigenvalue weighted by molar-refractivity contribution is 5.98. The van der Waals surface area contributed by atoms with Crippen LogP contribution in [0.25, 0.3) is 6.08 Å². The molecule has 0 heterocycles. The van der Waals surface area contributed by atoms with E-state index < -0.39 is 12.1 Å². The molecule has 118 valence electrons. The number of nitrogens with zero attached hydrogens (tertiary/aromatic N) is 1. The molecule has 1 atom stereocenters. The Labute approximate surface area is 136 Å². The van der Waals surface area contributed by atoms with Gasteiger partial charge in [0.2, 0.25) is 0 Å². The maximum atomic E-state index is 12.3. The summed E-state index contributed by atoms with van der Waals surface area (Å²) < 4.78 is 5.16. The fourth-order valence-corrected chi connectivity index (χ4v) is 2.04. The van der Waals surface area contributed by atoms with Crippen LogP contribution in [0.2, 0.25) is 0 Å². The van der Waals surface area contributed by atoms with Crippen LogP contribution in [0.15, 0.2) is 66.7 Å². The topological polar surface area (TPSA) is 46.6 Å². The van der Waals surface area contributed by atoms with Crippen molar-refractivity contribution in [3.8, 4) is 0 Å². The highest BCUT2D eigenvalue weighted by Crippen LogP contribution is 2.13. The quantitative estimate of drug-likeness (QED) is 0.629. The number of hydrogen-bond donors (Lipinski definition) is 0. The lowest BCUT2D eigenvalue weighted by Gasteiger charge is -2.21. The number of carbonyl (C=O) groups is 2. The smallest absolute Gasteiger partial charge is 0.331 e. The summed E-state index contributed by atoms with van der Waals surface area (Å²) in [6, 6.07) is 18.6. The number of likely N-dealkylation sites (N-methyl/N-ethyl adjacent to an activating group) is 1. The molecule has 0 bridgehead atoms. The first-order chi connectivity index (χ1) is 11.1. The van der Waals surface area contributed by atoms with Crippen LogP contribution in [-0.4, -0.2) is 25.0 Å². The van der Waals surface area contributed by atoms with E-state index in [1.165, 1.54) is 11.0 Å². The van der Waals surface area contributed by atoms with E-state index in [9.17, 15) is 9.59 Å². The minimum absolute atomic E-state index is 0.280. The van der Waals surface area contributed by atoms with Gasteiger partial charge in [0.25, 0.3) is 5.91 Å². The Morgan fingerprint density at radius 1 is 1.00 bits per heavy atom. The summed E-state index contributed by atoms with van der Waals surface area (Å²) in [5.74, 6) is -0.825. The predicted molar refractivity (Wildman–Crippen MR) is 90.9 cm³/mol. The Hall–Kier alpha value is -2.88. The third-order valence-electron chi connectivity index (χ3n) is 3.33. The molecule has 2 rings (SSSR count). The van der Waals surface area contributed by atoms with E-state index in [0.29, 0.717) is 0 Å². The maximum Gasteiger partial charge on any atom is 0.331 e. The lowest BCUT2D eigenvalue weighted by atomic mass is 10.2. The first-order valence-corrected chi connectivity index (χ1v) is 7.34. The molecule has 0 aromatic heterocycles. The number of para-hydroxylation sites is 1. The van der Waals surface area contributed by atoms with Gasteiger partial charge in [-0.1, -0.05) is 48.5 Å². The minimum atomic E-state index is -0.854. The Morgan fingerprint density at radius 2 is 1.57 bits per heavy atom. The summed E-state index contributed by atoms with van der Waals surface area (Å²) >= 11 is 0. The molecule has 1 amide bonds. The van der Waals surface area contributed by atoms with Crippen molar-refractivity contribution in [3.63, 3.8) is 0 Å². The maximum absolute atomic E-state index is 12.3. The molecule has 0 unspecified atom stereocenters. The van der Waals surface area contributed by atoms with Crippen LogP contribution >= 0.6 is 0 Å². The lowest BCUT2D eigenvalue weighted by Crippen LogP contribution is -2.37. The standard InChI is InChI=1S/C19H19NO3/c1-15(19(22)20(2)17-11-7-4-8-12-17)23-18(21)14-13-16-9-5-3-6-10-16/h3-15H,1-2H3/b14-13+/t15-/m0/s1. The van der Waals surface area contributed by atoms with Gasteiger partial charge >= 0.3 is 5.97 Å². The molecule has 23 heavy (non-hydrogen) atoms. The van der Waals surface area contributed by atoms with Gasteiger partial charge in [-0.05, 0) is 30.7 Å². The van der Waals surface area contributed by atoms with Crippen molar-refractivity contribution in [1.29, 1.82) is 0 Å². The SMILES string of the molecule is C[C@H](OC(=O)/C=C/c1ccccc1)C(=O)N(C)c1ccccc1. The first-order valence-electron chi connectivity index (χ1n) is 7.34. The van der Waals surface area contributed by atoms with Crippen LogP contribution in [0.1, 0.15) is 12.5 Å². The van der Waals surface area contributed by atoms with Crippen LogP contribution in [0.5, 0.6) is 0 Å². The zero-order valence-corrected chi connectivity index (χ0v) is 13.2. The summed E-state index contributed by atoms with van der Waals surface area (Å²) in [5.41, 5.74) is 1.64. The number of carbonyl (C=O) groups excluding carboxylic acids is 2. The second kappa shape index (κ2) is 7.94. The minimum Gasteiger partial charge on any atom is -0.449 e. The Bertz CT molecular complexity index is 680. The van der Waals surface area contributed by atoms with Crippen molar-refractivity contribution >= 4 is 23.6 Å². The molecular formula is C19H19NO3. The molecule has 0 radical (unpaired) electrons. The number of anilines is 1. The Kier molecular flexibility index (Phi) is 5.69. The second-order valence-corrected chi connectivity index (χ2v) is 5.06. The van der Waals surface area contributed by atoms with Crippen molar-refractivity contribution < 1.29 is 14.3 Å². The van der Waals surface area contributed by atoms with Gasteiger partial charge < -0.3 is 9.64 Å². The van der Waals surface area contributed by atoms with E-state index in [0.717, 1.165) is 11.3 Å². The largest absolute Gasteiger partial charge is 0.449 e. The summed E-state index contributed by atoms with van der Waals surface area (Å²) in [4.78, 5) is 25.6. The van der Waals surface area contributed by atoms with Gasteiger partial charge in [-0.15, -0.1) is 0 Å². The lowest BCUT2D eigenvalue weighted by molar-refractivity contribution is -0.148. The molecule has 2 aromatic rings. The second-order valence-electron chi connectivity index (χ2n) is 5.06. The number of esters is 1. The van der Waals surface area contributed by atoms with E-state index in [4.69, 9.17) is 4.74 Å². The van der Waals surface area contributed by atoms with Gasteiger partial charge in [-0.3, -0.25) is 4.79 Å². The van der Waals surface area contributed by atoms with Crippen LogP contribution in [0.3, 0.4) is 0 Å². The van der Waals surface area contributed by atoms with Gasteiger partial charge in [0, 0.05) is 18.8 Å². The van der Waals surface area contributed by atoms with Crippen molar-refractivity contribution in [2.75, 3.05) is 11.9 Å². The average molecular weight is 309 g/mol. The Balaban J connectivity index is 1.93. The van der Waals surface area contributed by atoms with Crippen molar-refractivity contribution in [3.05, 3.63) is 72.3 Å². The van der Waals surface area contributed by atoms with Crippen molar-refractivity contribution in [2.24, 2.45) is 0 Å². The van der Waals surface area contributed by atoms with Gasteiger partial charge in [0.15, 0.2) is 6.10 Å². The monoisotopic (exact) mass is 309 g/mol. The molecule has 0 fully saturated rings. The number of hydrogen-bond acceptors (Lipinski definition) is 3. The van der Waals surface area contributed by atoms with Crippen molar-refractivity contribution in [1.82, 2.24) is 0 Å². The number of amides is 1. The molecule has 0 saturated carbocycles. The van der Waals surface area contributed by atoms with Gasteiger partial charge in [-0.25, -0.2) is 4.79 Å². The molecule has 2 aromatic carbocycles. The van der Waals surface area contributed by atoms with Gasteiger partial charge in [0.1, 0.15) is 0 Å².